The van der Waals surface area contributed by atoms with Gasteiger partial charge in [0, 0.05) is 44.8 Å². The highest BCUT2D eigenvalue weighted by molar-refractivity contribution is 5.32. The summed E-state index contributed by atoms with van der Waals surface area (Å²) in [6.45, 7) is 7.56. The molecule has 0 spiro atoms. The Hall–Kier alpha value is -1.68. The molecule has 3 aliphatic rings. The van der Waals surface area contributed by atoms with Crippen LogP contribution >= 0.6 is 0 Å². The average Bonchev–Trinajstić information content (AvgIpc) is 2.71. The van der Waals surface area contributed by atoms with Crippen molar-refractivity contribution in [1.82, 2.24) is 14.7 Å². The lowest BCUT2D eigenvalue weighted by molar-refractivity contribution is -0.0351. The lowest BCUT2D eigenvalue weighted by atomic mass is 9.91. The standard InChI is InChI=1S/C24H31N3/c1-3-9-20(10-4-1)24(21-11-5-2-6-12-21)27-18-23(19-27)26-16-15-25-14-8-7-13-22(25)17-26/h1-6,9-12,22-24H,7-8,13-19H2. The van der Waals surface area contributed by atoms with E-state index in [0.29, 0.717) is 6.04 Å². The van der Waals surface area contributed by atoms with E-state index in [4.69, 9.17) is 0 Å². The normalized spacial score (nSPS) is 25.3. The Bertz CT molecular complexity index is 686. The number of piperazine rings is 1. The maximum absolute atomic E-state index is 2.79. The second-order valence-electron chi connectivity index (χ2n) is 8.51. The van der Waals surface area contributed by atoms with Crippen LogP contribution in [-0.2, 0) is 0 Å². The first-order valence-corrected chi connectivity index (χ1v) is 10.7. The van der Waals surface area contributed by atoms with Gasteiger partial charge in [0.15, 0.2) is 0 Å². The van der Waals surface area contributed by atoms with E-state index in [1.807, 2.05) is 0 Å². The molecule has 0 radical (unpaired) electrons. The molecule has 0 aromatic heterocycles. The Morgan fingerprint density at radius 1 is 0.630 bits per heavy atom. The van der Waals surface area contributed by atoms with Crippen LogP contribution in [0.1, 0.15) is 36.4 Å². The van der Waals surface area contributed by atoms with Gasteiger partial charge in [-0.3, -0.25) is 14.7 Å². The number of rotatable bonds is 4. The quantitative estimate of drug-likeness (QED) is 0.823. The largest absolute Gasteiger partial charge is 0.298 e. The Morgan fingerprint density at radius 2 is 1.26 bits per heavy atom. The third-order valence-electron chi connectivity index (χ3n) is 6.87. The van der Waals surface area contributed by atoms with Crippen molar-refractivity contribution in [3.8, 4) is 0 Å². The fraction of sp³-hybridized carbons (Fsp3) is 0.500. The van der Waals surface area contributed by atoms with Gasteiger partial charge in [0.2, 0.25) is 0 Å². The fourth-order valence-electron chi connectivity index (χ4n) is 5.33. The Balaban J connectivity index is 1.28. The first-order valence-electron chi connectivity index (χ1n) is 10.7. The molecule has 3 aliphatic heterocycles. The molecule has 2 aromatic rings. The first kappa shape index (κ1) is 17.4. The maximum Gasteiger partial charge on any atom is 0.0602 e. The molecule has 5 rings (SSSR count). The van der Waals surface area contributed by atoms with Gasteiger partial charge in [0.25, 0.3) is 0 Å². The summed E-state index contributed by atoms with van der Waals surface area (Å²) in [5.74, 6) is 0. The van der Waals surface area contributed by atoms with Crippen molar-refractivity contribution in [2.24, 2.45) is 0 Å². The van der Waals surface area contributed by atoms with Crippen LogP contribution in [0.25, 0.3) is 0 Å². The molecule has 3 saturated heterocycles. The molecule has 1 unspecified atom stereocenters. The van der Waals surface area contributed by atoms with Gasteiger partial charge in [0.05, 0.1) is 6.04 Å². The zero-order valence-electron chi connectivity index (χ0n) is 16.2. The van der Waals surface area contributed by atoms with Crippen LogP contribution in [0.3, 0.4) is 0 Å². The highest BCUT2D eigenvalue weighted by Crippen LogP contribution is 2.34. The number of benzene rings is 2. The van der Waals surface area contributed by atoms with E-state index in [1.54, 1.807) is 0 Å². The molecule has 3 heteroatoms. The zero-order chi connectivity index (χ0) is 18.1. The summed E-state index contributed by atoms with van der Waals surface area (Å²) in [4.78, 5) is 8.20. The third kappa shape index (κ3) is 3.56. The van der Waals surface area contributed by atoms with E-state index in [-0.39, 0.29) is 0 Å². The number of hydrogen-bond acceptors (Lipinski definition) is 3. The highest BCUT2D eigenvalue weighted by atomic mass is 15.4. The molecule has 3 nitrogen and oxygen atoms in total. The monoisotopic (exact) mass is 361 g/mol. The Kier molecular flexibility index (Phi) is 5.00. The zero-order valence-corrected chi connectivity index (χ0v) is 16.2. The molecule has 2 aromatic carbocycles. The molecule has 3 fully saturated rings. The Morgan fingerprint density at radius 3 is 1.93 bits per heavy atom. The van der Waals surface area contributed by atoms with E-state index in [2.05, 4.69) is 75.4 Å². The number of nitrogens with zero attached hydrogens (tertiary/aromatic N) is 3. The summed E-state index contributed by atoms with van der Waals surface area (Å²) in [6.07, 6.45) is 4.24. The van der Waals surface area contributed by atoms with Crippen molar-refractivity contribution in [2.45, 2.75) is 37.4 Å². The Labute approximate surface area is 163 Å². The number of piperidine rings is 1. The van der Waals surface area contributed by atoms with Crippen molar-refractivity contribution < 1.29 is 0 Å². The van der Waals surface area contributed by atoms with Crippen LogP contribution < -0.4 is 0 Å². The summed E-state index contributed by atoms with van der Waals surface area (Å²) in [5.41, 5.74) is 2.83. The van der Waals surface area contributed by atoms with E-state index >= 15 is 0 Å². The number of hydrogen-bond donors (Lipinski definition) is 0. The van der Waals surface area contributed by atoms with Crippen LogP contribution in [0.15, 0.2) is 60.7 Å². The summed E-state index contributed by atoms with van der Waals surface area (Å²) in [5, 5.41) is 0. The van der Waals surface area contributed by atoms with Gasteiger partial charge in [0.1, 0.15) is 0 Å². The molecular weight excluding hydrogens is 330 g/mol. The first-order chi connectivity index (χ1) is 13.4. The van der Waals surface area contributed by atoms with Crippen LogP contribution in [0, 0.1) is 0 Å². The molecular formula is C24H31N3. The van der Waals surface area contributed by atoms with Gasteiger partial charge < -0.3 is 0 Å². The molecule has 27 heavy (non-hydrogen) atoms. The summed E-state index contributed by atoms with van der Waals surface area (Å²) in [6, 6.07) is 24.0. The average molecular weight is 362 g/mol. The third-order valence-corrected chi connectivity index (χ3v) is 6.87. The van der Waals surface area contributed by atoms with E-state index in [9.17, 15) is 0 Å². The molecule has 0 aliphatic carbocycles. The van der Waals surface area contributed by atoms with Crippen molar-refractivity contribution in [3.63, 3.8) is 0 Å². The van der Waals surface area contributed by atoms with Gasteiger partial charge in [-0.25, -0.2) is 0 Å². The minimum Gasteiger partial charge on any atom is -0.298 e. The predicted molar refractivity (Wildman–Crippen MR) is 111 cm³/mol. The second-order valence-corrected chi connectivity index (χ2v) is 8.51. The molecule has 0 N–H and O–H groups in total. The fourth-order valence-corrected chi connectivity index (χ4v) is 5.33. The summed E-state index contributed by atoms with van der Waals surface area (Å²) in [7, 11) is 0. The lowest BCUT2D eigenvalue weighted by Crippen LogP contribution is -2.65. The van der Waals surface area contributed by atoms with Crippen molar-refractivity contribution in [1.29, 1.82) is 0 Å². The SMILES string of the molecule is c1ccc(C(c2ccccc2)N2CC(N3CCN4CCCCC4C3)C2)cc1. The molecule has 0 saturated carbocycles. The van der Waals surface area contributed by atoms with E-state index in [0.717, 1.165) is 12.1 Å². The van der Waals surface area contributed by atoms with Gasteiger partial charge in [-0.15, -0.1) is 0 Å². The molecule has 0 bridgehead atoms. The van der Waals surface area contributed by atoms with Crippen LogP contribution in [0.4, 0.5) is 0 Å². The maximum atomic E-state index is 2.79. The summed E-state index contributed by atoms with van der Waals surface area (Å²) < 4.78 is 0. The minimum absolute atomic E-state index is 0.389. The molecule has 0 amide bonds. The lowest BCUT2D eigenvalue weighted by Gasteiger charge is -2.53. The topological polar surface area (TPSA) is 9.72 Å². The molecule has 1 atom stereocenters. The van der Waals surface area contributed by atoms with Crippen molar-refractivity contribution in [2.75, 3.05) is 39.3 Å². The summed E-state index contributed by atoms with van der Waals surface area (Å²) >= 11 is 0. The minimum atomic E-state index is 0.389. The van der Waals surface area contributed by atoms with Crippen molar-refractivity contribution >= 4 is 0 Å². The van der Waals surface area contributed by atoms with Gasteiger partial charge in [-0.2, -0.15) is 0 Å². The smallest absolute Gasteiger partial charge is 0.0602 e. The van der Waals surface area contributed by atoms with Crippen LogP contribution in [-0.4, -0.2) is 66.1 Å². The van der Waals surface area contributed by atoms with Crippen LogP contribution in [0.2, 0.25) is 0 Å². The predicted octanol–water partition coefficient (Wildman–Crippen LogP) is 3.63. The van der Waals surface area contributed by atoms with E-state index < -0.39 is 0 Å². The molecule has 142 valence electrons. The number of fused-ring (bicyclic) bond motifs is 1. The second kappa shape index (κ2) is 7.75. The van der Waals surface area contributed by atoms with Gasteiger partial charge in [-0.1, -0.05) is 67.1 Å². The van der Waals surface area contributed by atoms with Gasteiger partial charge in [-0.05, 0) is 30.5 Å². The van der Waals surface area contributed by atoms with Gasteiger partial charge >= 0.3 is 0 Å². The van der Waals surface area contributed by atoms with Crippen molar-refractivity contribution in [3.05, 3.63) is 71.8 Å². The molecule has 3 heterocycles. The van der Waals surface area contributed by atoms with Crippen LogP contribution in [0.5, 0.6) is 0 Å². The van der Waals surface area contributed by atoms with E-state index in [1.165, 1.54) is 69.7 Å². The highest BCUT2D eigenvalue weighted by Gasteiger charge is 2.40. The number of likely N-dealkylation sites (tertiary alicyclic amines) is 1.